The Morgan fingerprint density at radius 2 is 1.96 bits per heavy atom. The van der Waals surface area contributed by atoms with Gasteiger partial charge in [0.25, 0.3) is 5.91 Å². The molecule has 0 spiro atoms. The van der Waals surface area contributed by atoms with Crippen molar-refractivity contribution in [1.29, 1.82) is 0 Å². The van der Waals surface area contributed by atoms with E-state index in [1.807, 2.05) is 0 Å². The summed E-state index contributed by atoms with van der Waals surface area (Å²) in [5.41, 5.74) is -1.03. The molecule has 1 atom stereocenters. The number of aliphatic carboxylic acids is 1. The molecule has 2 rings (SSSR count). The summed E-state index contributed by atoms with van der Waals surface area (Å²) in [6.07, 6.45) is 0.372. The van der Waals surface area contributed by atoms with Gasteiger partial charge in [-0.3, -0.25) is 9.59 Å². The molecule has 1 N–H and O–H groups in total. The molecule has 1 aromatic carbocycles. The lowest BCUT2D eigenvalue weighted by molar-refractivity contribution is -0.151. The number of carbonyl (C=O) groups is 2. The Hall–Kier alpha value is -2.28. The Bertz CT molecular complexity index is 575. The van der Waals surface area contributed by atoms with Crippen LogP contribution in [0.2, 0.25) is 0 Å². The van der Waals surface area contributed by atoms with E-state index in [1.165, 1.54) is 19.1 Å². The second-order valence-corrected chi connectivity index (χ2v) is 5.52. The van der Waals surface area contributed by atoms with E-state index in [2.05, 4.69) is 0 Å². The number of carboxylic acid groups (broad SMARTS) is 1. The maximum absolute atomic E-state index is 12.3. The number of para-hydroxylation sites is 2. The lowest BCUT2D eigenvalue weighted by Gasteiger charge is -2.23. The minimum Gasteiger partial charge on any atom is -0.493 e. The Morgan fingerprint density at radius 3 is 2.57 bits per heavy atom. The number of methoxy groups -OCH3 is 2. The molecule has 0 saturated carbocycles. The van der Waals surface area contributed by atoms with Gasteiger partial charge in [-0.25, -0.2) is 0 Å². The molecule has 23 heavy (non-hydrogen) atoms. The summed E-state index contributed by atoms with van der Waals surface area (Å²) in [5, 5.41) is 9.40. The van der Waals surface area contributed by atoms with Gasteiger partial charge >= 0.3 is 5.97 Å². The first-order valence-electron chi connectivity index (χ1n) is 7.28. The predicted molar refractivity (Wildman–Crippen MR) is 81.6 cm³/mol. The third-order valence-corrected chi connectivity index (χ3v) is 4.00. The molecule has 1 heterocycles. The van der Waals surface area contributed by atoms with Crippen molar-refractivity contribution >= 4 is 11.9 Å². The van der Waals surface area contributed by atoms with E-state index in [0.717, 1.165) is 0 Å². The van der Waals surface area contributed by atoms with Gasteiger partial charge in [-0.1, -0.05) is 12.1 Å². The second kappa shape index (κ2) is 7.32. The van der Waals surface area contributed by atoms with Crippen LogP contribution in [0.25, 0.3) is 0 Å². The molecule has 1 unspecified atom stereocenters. The van der Waals surface area contributed by atoms with Crippen LogP contribution in [-0.4, -0.2) is 62.4 Å². The van der Waals surface area contributed by atoms with E-state index in [0.29, 0.717) is 24.5 Å². The van der Waals surface area contributed by atoms with Crippen LogP contribution in [-0.2, 0) is 14.3 Å². The van der Waals surface area contributed by atoms with Crippen LogP contribution in [0.4, 0.5) is 0 Å². The van der Waals surface area contributed by atoms with Gasteiger partial charge in [-0.2, -0.15) is 0 Å². The van der Waals surface area contributed by atoms with Crippen molar-refractivity contribution < 1.29 is 28.9 Å². The number of hydrogen-bond acceptors (Lipinski definition) is 5. The molecule has 7 heteroatoms. The van der Waals surface area contributed by atoms with E-state index in [-0.39, 0.29) is 25.7 Å². The van der Waals surface area contributed by atoms with E-state index in [4.69, 9.17) is 14.2 Å². The van der Waals surface area contributed by atoms with Crippen molar-refractivity contribution in [3.05, 3.63) is 24.3 Å². The summed E-state index contributed by atoms with van der Waals surface area (Å²) in [6, 6.07) is 7.04. The molecule has 126 valence electrons. The Labute approximate surface area is 134 Å². The number of hydrogen-bond donors (Lipinski definition) is 1. The molecular weight excluding hydrogens is 302 g/mol. The lowest BCUT2D eigenvalue weighted by atomic mass is 9.88. The maximum Gasteiger partial charge on any atom is 0.313 e. The second-order valence-electron chi connectivity index (χ2n) is 5.52. The summed E-state index contributed by atoms with van der Waals surface area (Å²) in [4.78, 5) is 25.2. The van der Waals surface area contributed by atoms with E-state index < -0.39 is 11.4 Å². The zero-order chi connectivity index (χ0) is 16.9. The molecule has 1 aliphatic rings. The average molecular weight is 323 g/mol. The zero-order valence-corrected chi connectivity index (χ0v) is 13.3. The van der Waals surface area contributed by atoms with Gasteiger partial charge in [0.05, 0.1) is 13.7 Å². The monoisotopic (exact) mass is 323 g/mol. The van der Waals surface area contributed by atoms with E-state index >= 15 is 0 Å². The number of ether oxygens (including phenoxy) is 3. The van der Waals surface area contributed by atoms with Crippen LogP contribution in [0, 0.1) is 5.41 Å². The fraction of sp³-hybridized carbons (Fsp3) is 0.500. The predicted octanol–water partition coefficient (Wildman–Crippen LogP) is 1.02. The lowest BCUT2D eigenvalue weighted by Crippen LogP contribution is -2.41. The quantitative estimate of drug-likeness (QED) is 0.806. The smallest absolute Gasteiger partial charge is 0.313 e. The molecule has 1 aromatic rings. The number of amides is 1. The highest BCUT2D eigenvalue weighted by Gasteiger charge is 2.46. The molecule has 1 amide bonds. The summed E-state index contributed by atoms with van der Waals surface area (Å²) >= 11 is 0. The SMILES string of the molecule is COCC1(C(=O)O)CCN(C(=O)COc2ccccc2OC)C1. The van der Waals surface area contributed by atoms with Gasteiger partial charge in [0.2, 0.25) is 0 Å². The number of likely N-dealkylation sites (tertiary alicyclic amines) is 1. The number of nitrogens with zero attached hydrogens (tertiary/aromatic N) is 1. The van der Waals surface area contributed by atoms with Crippen LogP contribution in [0.3, 0.4) is 0 Å². The van der Waals surface area contributed by atoms with Gasteiger partial charge in [0, 0.05) is 20.2 Å². The first kappa shape index (κ1) is 17.1. The minimum atomic E-state index is -1.03. The van der Waals surface area contributed by atoms with E-state index in [9.17, 15) is 14.7 Å². The number of rotatable bonds is 7. The Balaban J connectivity index is 1.96. The molecule has 0 bridgehead atoms. The van der Waals surface area contributed by atoms with Crippen molar-refractivity contribution in [3.8, 4) is 11.5 Å². The van der Waals surface area contributed by atoms with Gasteiger partial charge in [-0.05, 0) is 18.6 Å². The van der Waals surface area contributed by atoms with Gasteiger partial charge in [-0.15, -0.1) is 0 Å². The zero-order valence-electron chi connectivity index (χ0n) is 13.3. The highest BCUT2D eigenvalue weighted by molar-refractivity contribution is 5.81. The molecule has 0 aromatic heterocycles. The standard InChI is InChI=1S/C16H21NO6/c1-21-11-16(15(19)20)7-8-17(10-16)14(18)9-23-13-6-4-3-5-12(13)22-2/h3-6H,7-11H2,1-2H3,(H,19,20). The molecule has 1 saturated heterocycles. The largest absolute Gasteiger partial charge is 0.493 e. The van der Waals surface area contributed by atoms with Crippen LogP contribution in [0.5, 0.6) is 11.5 Å². The first-order chi connectivity index (χ1) is 11.0. The molecule has 7 nitrogen and oxygen atoms in total. The van der Waals surface area contributed by atoms with Crippen molar-refractivity contribution in [2.24, 2.45) is 5.41 Å². The highest BCUT2D eigenvalue weighted by Crippen LogP contribution is 2.31. The fourth-order valence-corrected chi connectivity index (χ4v) is 2.68. The third kappa shape index (κ3) is 3.73. The topological polar surface area (TPSA) is 85.3 Å². The van der Waals surface area contributed by atoms with Crippen molar-refractivity contribution in [2.75, 3.05) is 40.5 Å². The van der Waals surface area contributed by atoms with Crippen molar-refractivity contribution in [3.63, 3.8) is 0 Å². The number of carbonyl (C=O) groups excluding carboxylic acids is 1. The van der Waals surface area contributed by atoms with Crippen LogP contribution < -0.4 is 9.47 Å². The molecular formula is C16H21NO6. The average Bonchev–Trinajstić information content (AvgIpc) is 2.99. The van der Waals surface area contributed by atoms with Crippen molar-refractivity contribution in [2.45, 2.75) is 6.42 Å². The normalized spacial score (nSPS) is 20.3. The summed E-state index contributed by atoms with van der Waals surface area (Å²) in [5.74, 6) is -0.180. The van der Waals surface area contributed by atoms with Crippen LogP contribution >= 0.6 is 0 Å². The highest BCUT2D eigenvalue weighted by atomic mass is 16.5. The van der Waals surface area contributed by atoms with Gasteiger partial charge < -0.3 is 24.2 Å². The Kier molecular flexibility index (Phi) is 5.44. The maximum atomic E-state index is 12.3. The third-order valence-electron chi connectivity index (χ3n) is 4.00. The summed E-state index contributed by atoms with van der Waals surface area (Å²) in [6.45, 7) is 0.427. The first-order valence-corrected chi connectivity index (χ1v) is 7.28. The number of carboxylic acids is 1. The van der Waals surface area contributed by atoms with Crippen LogP contribution in [0.15, 0.2) is 24.3 Å². The van der Waals surface area contributed by atoms with Crippen LogP contribution in [0.1, 0.15) is 6.42 Å². The van der Waals surface area contributed by atoms with Gasteiger partial charge in [0.1, 0.15) is 5.41 Å². The number of benzene rings is 1. The molecule has 0 radical (unpaired) electrons. The van der Waals surface area contributed by atoms with Gasteiger partial charge in [0.15, 0.2) is 18.1 Å². The summed E-state index contributed by atoms with van der Waals surface area (Å²) < 4.78 is 15.7. The summed E-state index contributed by atoms with van der Waals surface area (Å²) in [7, 11) is 2.98. The minimum absolute atomic E-state index is 0.0828. The Morgan fingerprint density at radius 1 is 1.26 bits per heavy atom. The van der Waals surface area contributed by atoms with Crippen molar-refractivity contribution in [1.82, 2.24) is 4.90 Å². The molecule has 0 aliphatic carbocycles. The fourth-order valence-electron chi connectivity index (χ4n) is 2.68. The van der Waals surface area contributed by atoms with E-state index in [1.54, 1.807) is 24.3 Å². The molecule has 1 aliphatic heterocycles. The molecule has 1 fully saturated rings.